The molecule has 0 radical (unpaired) electrons. The number of anilines is 1. The molecule has 23 heavy (non-hydrogen) atoms. The first kappa shape index (κ1) is 17.4. The quantitative estimate of drug-likeness (QED) is 0.633. The second-order valence-corrected chi connectivity index (χ2v) is 5.52. The fourth-order valence-electron chi connectivity index (χ4n) is 2.10. The third-order valence-corrected chi connectivity index (χ3v) is 3.89. The number of nitrogen functional groups attached to an aromatic ring is 1. The molecule has 0 amide bonds. The predicted molar refractivity (Wildman–Crippen MR) is 79.9 cm³/mol. The molecule has 1 aliphatic rings. The normalized spacial score (nSPS) is 23.4. The van der Waals surface area contributed by atoms with Crippen molar-refractivity contribution in [2.24, 2.45) is 5.92 Å². The molecule has 9 heteroatoms. The summed E-state index contributed by atoms with van der Waals surface area (Å²) in [6.07, 6.45) is 0.985. The molecule has 0 spiro atoms. The van der Waals surface area contributed by atoms with E-state index in [1.165, 1.54) is 16.8 Å². The molecule has 128 valence electrons. The third-order valence-electron chi connectivity index (χ3n) is 3.89. The van der Waals surface area contributed by atoms with Crippen molar-refractivity contribution in [3.8, 4) is 0 Å². The van der Waals surface area contributed by atoms with Crippen molar-refractivity contribution in [2.75, 3.05) is 18.9 Å². The maximum absolute atomic E-state index is 11.9. The van der Waals surface area contributed by atoms with Gasteiger partial charge in [0.2, 0.25) is 0 Å². The first-order valence-corrected chi connectivity index (χ1v) is 7.53. The molecule has 2 rings (SSSR count). The lowest BCUT2D eigenvalue weighted by Crippen LogP contribution is -2.68. The maximum Gasteiger partial charge on any atom is 0.365 e. The van der Waals surface area contributed by atoms with Crippen LogP contribution in [0.2, 0.25) is 0 Å². The lowest BCUT2D eigenvalue weighted by Gasteiger charge is -2.16. The van der Waals surface area contributed by atoms with Gasteiger partial charge >= 0.3 is 11.7 Å². The number of aromatic nitrogens is 2. The molecule has 9 nitrogen and oxygen atoms in total. The summed E-state index contributed by atoms with van der Waals surface area (Å²) in [7, 11) is 0. The first-order valence-electron chi connectivity index (χ1n) is 7.53. The molecule has 2 heterocycles. The summed E-state index contributed by atoms with van der Waals surface area (Å²) in [5, 5.41) is 0. The van der Waals surface area contributed by atoms with Crippen molar-refractivity contribution in [1.29, 1.82) is 0 Å². The Kier molecular flexibility index (Phi) is 5.69. The van der Waals surface area contributed by atoms with Crippen LogP contribution < -0.4 is 17.2 Å². The summed E-state index contributed by atoms with van der Waals surface area (Å²) in [6, 6.07) is 1.07. The Morgan fingerprint density at radius 3 is 3.04 bits per heavy atom. The number of hydrogen-bond donors (Lipinski definition) is 2. The van der Waals surface area contributed by atoms with E-state index >= 15 is 0 Å². The van der Waals surface area contributed by atoms with Gasteiger partial charge in [0, 0.05) is 12.1 Å². The van der Waals surface area contributed by atoms with Gasteiger partial charge in [-0.2, -0.15) is 4.98 Å². The number of carbonyl (C=O) groups excluding carboxylic acids is 1. The average molecular weight is 327 g/mol. The predicted octanol–water partition coefficient (Wildman–Crippen LogP) is -1.10. The van der Waals surface area contributed by atoms with Crippen molar-refractivity contribution in [1.82, 2.24) is 9.55 Å². The smallest absolute Gasteiger partial charge is 0.365 e. The fourth-order valence-corrected chi connectivity index (χ4v) is 2.10. The van der Waals surface area contributed by atoms with Gasteiger partial charge in [-0.1, -0.05) is 13.8 Å². The third kappa shape index (κ3) is 4.27. The lowest BCUT2D eigenvalue weighted by atomic mass is 10.0. The SMILES string of the molecule is CCC(C)C([NH3+])C(=O)OCC1OCC(n2ccc(N)nc2=O)O1. The van der Waals surface area contributed by atoms with Gasteiger partial charge < -0.3 is 25.7 Å². The summed E-state index contributed by atoms with van der Waals surface area (Å²) in [5.74, 6) is -0.108. The number of hydrogen-bond acceptors (Lipinski definition) is 7. The zero-order valence-corrected chi connectivity index (χ0v) is 13.3. The molecule has 0 saturated carbocycles. The second-order valence-electron chi connectivity index (χ2n) is 5.52. The number of nitrogens with two attached hydrogens (primary N) is 1. The van der Waals surface area contributed by atoms with Gasteiger partial charge in [-0.25, -0.2) is 9.59 Å². The van der Waals surface area contributed by atoms with E-state index < -0.39 is 24.2 Å². The van der Waals surface area contributed by atoms with Crippen LogP contribution in [-0.2, 0) is 19.0 Å². The van der Waals surface area contributed by atoms with E-state index in [2.05, 4.69) is 10.7 Å². The molecular weight excluding hydrogens is 304 g/mol. The van der Waals surface area contributed by atoms with Crippen LogP contribution in [0.3, 0.4) is 0 Å². The molecule has 0 bridgehead atoms. The molecule has 1 aromatic heterocycles. The van der Waals surface area contributed by atoms with Gasteiger partial charge in [0.1, 0.15) is 12.4 Å². The number of ether oxygens (including phenoxy) is 3. The summed E-state index contributed by atoms with van der Waals surface area (Å²) in [4.78, 5) is 27.2. The molecule has 4 atom stereocenters. The van der Waals surface area contributed by atoms with Crippen LogP contribution in [0.4, 0.5) is 5.82 Å². The average Bonchev–Trinajstić information content (AvgIpc) is 2.99. The molecule has 0 aliphatic carbocycles. The van der Waals surface area contributed by atoms with Crippen molar-refractivity contribution in [2.45, 2.75) is 38.8 Å². The zero-order chi connectivity index (χ0) is 17.0. The Balaban J connectivity index is 1.86. The molecule has 0 aromatic carbocycles. The molecular formula is C14H23N4O5+. The Hall–Kier alpha value is -1.97. The highest BCUT2D eigenvalue weighted by molar-refractivity contribution is 5.74. The van der Waals surface area contributed by atoms with Crippen LogP contribution in [0.1, 0.15) is 26.5 Å². The molecule has 1 aliphatic heterocycles. The van der Waals surface area contributed by atoms with Gasteiger partial charge in [-0.05, 0) is 12.5 Å². The van der Waals surface area contributed by atoms with Crippen molar-refractivity contribution < 1.29 is 24.7 Å². The Morgan fingerprint density at radius 2 is 2.39 bits per heavy atom. The molecule has 1 saturated heterocycles. The van der Waals surface area contributed by atoms with Crippen molar-refractivity contribution in [3.63, 3.8) is 0 Å². The Labute approximate surface area is 133 Å². The number of carbonyl (C=O) groups is 1. The van der Waals surface area contributed by atoms with Gasteiger partial charge in [0.25, 0.3) is 0 Å². The van der Waals surface area contributed by atoms with E-state index in [0.717, 1.165) is 6.42 Å². The van der Waals surface area contributed by atoms with E-state index in [-0.39, 0.29) is 30.9 Å². The van der Waals surface area contributed by atoms with Crippen LogP contribution >= 0.6 is 0 Å². The number of rotatable bonds is 6. The minimum absolute atomic E-state index is 0.0467. The molecule has 4 unspecified atom stereocenters. The van der Waals surface area contributed by atoms with E-state index in [9.17, 15) is 9.59 Å². The standard InChI is InChI=1S/C14H22N4O5/c1-3-8(2)12(16)13(19)22-7-11-21-6-10(23-11)18-5-4-9(15)17-14(18)20/h4-5,8,10-12H,3,6-7,16H2,1-2H3,(H2,15,17,20)/p+1. The van der Waals surface area contributed by atoms with Crippen LogP contribution in [0.5, 0.6) is 0 Å². The van der Waals surface area contributed by atoms with Crippen molar-refractivity contribution >= 4 is 11.8 Å². The van der Waals surface area contributed by atoms with Crippen LogP contribution in [-0.4, -0.2) is 41.1 Å². The molecule has 1 fully saturated rings. The summed E-state index contributed by atoms with van der Waals surface area (Å²) < 4.78 is 17.4. The second kappa shape index (κ2) is 7.53. The van der Waals surface area contributed by atoms with Crippen LogP contribution in [0, 0.1) is 5.92 Å². The monoisotopic (exact) mass is 327 g/mol. The van der Waals surface area contributed by atoms with E-state index in [1.54, 1.807) is 0 Å². The van der Waals surface area contributed by atoms with Gasteiger partial charge in [-0.15, -0.1) is 0 Å². The number of esters is 1. The summed E-state index contributed by atoms with van der Waals surface area (Å²) in [6.45, 7) is 4.04. The Morgan fingerprint density at radius 1 is 1.65 bits per heavy atom. The van der Waals surface area contributed by atoms with E-state index in [0.29, 0.717) is 0 Å². The lowest BCUT2D eigenvalue weighted by molar-refractivity contribution is -0.420. The summed E-state index contributed by atoms with van der Waals surface area (Å²) >= 11 is 0. The van der Waals surface area contributed by atoms with E-state index in [4.69, 9.17) is 19.9 Å². The Bertz CT molecular complexity index is 605. The number of nitrogens with zero attached hydrogens (tertiary/aromatic N) is 2. The maximum atomic E-state index is 11.9. The van der Waals surface area contributed by atoms with E-state index in [1.807, 2.05) is 13.8 Å². The molecule has 1 aromatic rings. The van der Waals surface area contributed by atoms with Crippen LogP contribution in [0.15, 0.2) is 17.1 Å². The highest BCUT2D eigenvalue weighted by Gasteiger charge is 2.31. The van der Waals surface area contributed by atoms with Gasteiger partial charge in [-0.3, -0.25) is 4.57 Å². The fraction of sp³-hybridized carbons (Fsp3) is 0.643. The highest BCUT2D eigenvalue weighted by Crippen LogP contribution is 2.20. The summed E-state index contributed by atoms with van der Waals surface area (Å²) in [5.41, 5.74) is 8.73. The number of quaternary nitrogens is 1. The van der Waals surface area contributed by atoms with Gasteiger partial charge in [0.05, 0.1) is 6.61 Å². The van der Waals surface area contributed by atoms with Crippen molar-refractivity contribution in [3.05, 3.63) is 22.7 Å². The minimum atomic E-state index is -0.725. The highest BCUT2D eigenvalue weighted by atomic mass is 16.7. The van der Waals surface area contributed by atoms with Crippen LogP contribution in [0.25, 0.3) is 0 Å². The zero-order valence-electron chi connectivity index (χ0n) is 13.3. The largest absolute Gasteiger partial charge is 0.456 e. The topological polar surface area (TPSA) is 133 Å². The van der Waals surface area contributed by atoms with Gasteiger partial charge in [0.15, 0.2) is 18.6 Å². The molecule has 5 N–H and O–H groups in total. The minimum Gasteiger partial charge on any atom is -0.456 e. The first-order chi connectivity index (χ1) is 10.9.